The average molecular weight is 354 g/mol. The number of hydrogen-bond acceptors (Lipinski definition) is 2. The summed E-state index contributed by atoms with van der Waals surface area (Å²) in [6.45, 7) is 0. The minimum Gasteiger partial charge on any atom is -0.351 e. The highest BCUT2D eigenvalue weighted by molar-refractivity contribution is 6.31. The fourth-order valence-electron chi connectivity index (χ4n) is 2.70. The molecule has 6 heteroatoms. The van der Waals surface area contributed by atoms with Crippen molar-refractivity contribution in [1.29, 1.82) is 0 Å². The molecule has 0 aliphatic heterocycles. The zero-order valence-corrected chi connectivity index (χ0v) is 14.1. The van der Waals surface area contributed by atoms with Gasteiger partial charge in [0.05, 0.1) is 11.3 Å². The summed E-state index contributed by atoms with van der Waals surface area (Å²) >= 11 is 5.98. The van der Waals surface area contributed by atoms with Crippen molar-refractivity contribution < 1.29 is 9.59 Å². The van der Waals surface area contributed by atoms with E-state index >= 15 is 0 Å². The number of anilines is 1. The lowest BCUT2D eigenvalue weighted by atomic mass is 10.1. The van der Waals surface area contributed by atoms with Crippen LogP contribution < -0.4 is 10.6 Å². The summed E-state index contributed by atoms with van der Waals surface area (Å²) in [5, 5.41) is 7.22. The molecule has 3 aromatic rings. The van der Waals surface area contributed by atoms with Crippen LogP contribution in [-0.2, 0) is 0 Å². The van der Waals surface area contributed by atoms with E-state index < -0.39 is 0 Å². The summed E-state index contributed by atoms with van der Waals surface area (Å²) < 4.78 is 0. The van der Waals surface area contributed by atoms with E-state index in [9.17, 15) is 9.59 Å². The van der Waals surface area contributed by atoms with Gasteiger partial charge in [-0.15, -0.1) is 0 Å². The zero-order valence-electron chi connectivity index (χ0n) is 13.3. The second-order valence-corrected chi connectivity index (χ2v) is 6.60. The van der Waals surface area contributed by atoms with E-state index in [0.29, 0.717) is 22.0 Å². The molecule has 25 heavy (non-hydrogen) atoms. The van der Waals surface area contributed by atoms with E-state index in [2.05, 4.69) is 15.6 Å². The van der Waals surface area contributed by atoms with Crippen LogP contribution in [0.3, 0.4) is 0 Å². The molecule has 0 saturated heterocycles. The van der Waals surface area contributed by atoms with Gasteiger partial charge in [-0.25, -0.2) is 0 Å². The van der Waals surface area contributed by atoms with Gasteiger partial charge in [0.15, 0.2) is 0 Å². The lowest BCUT2D eigenvalue weighted by Crippen LogP contribution is -2.27. The highest BCUT2D eigenvalue weighted by Crippen LogP contribution is 2.23. The molecular formula is C19H16ClN3O2. The number of benzene rings is 2. The number of aromatic amines is 1. The number of para-hydroxylation sites is 1. The number of rotatable bonds is 4. The van der Waals surface area contributed by atoms with Crippen molar-refractivity contribution in [3.05, 3.63) is 64.8 Å². The first-order valence-electron chi connectivity index (χ1n) is 8.10. The number of halogens is 1. The molecule has 4 rings (SSSR count). The topological polar surface area (TPSA) is 74.0 Å². The van der Waals surface area contributed by atoms with Gasteiger partial charge in [0, 0.05) is 22.0 Å². The van der Waals surface area contributed by atoms with Gasteiger partial charge in [0.1, 0.15) is 5.69 Å². The fourth-order valence-corrected chi connectivity index (χ4v) is 2.88. The molecule has 1 aliphatic carbocycles. The van der Waals surface area contributed by atoms with Crippen LogP contribution in [0.5, 0.6) is 0 Å². The van der Waals surface area contributed by atoms with Crippen molar-refractivity contribution >= 4 is 40.0 Å². The molecule has 1 fully saturated rings. The fraction of sp³-hybridized carbons (Fsp3) is 0.158. The molecule has 2 aromatic carbocycles. The number of carbonyl (C=O) groups excluding carboxylic acids is 2. The van der Waals surface area contributed by atoms with E-state index in [1.807, 2.05) is 6.07 Å². The molecule has 2 amide bonds. The van der Waals surface area contributed by atoms with Crippen LogP contribution in [0.1, 0.15) is 33.7 Å². The number of carbonyl (C=O) groups is 2. The first-order chi connectivity index (χ1) is 12.1. The van der Waals surface area contributed by atoms with Crippen LogP contribution in [-0.4, -0.2) is 22.8 Å². The second kappa shape index (κ2) is 6.26. The van der Waals surface area contributed by atoms with Crippen molar-refractivity contribution in [2.75, 3.05) is 5.32 Å². The Labute approximate surface area is 149 Å². The minimum atomic E-state index is -0.306. The van der Waals surface area contributed by atoms with Gasteiger partial charge in [-0.05, 0) is 49.2 Å². The van der Waals surface area contributed by atoms with E-state index in [1.165, 1.54) is 0 Å². The van der Waals surface area contributed by atoms with Gasteiger partial charge in [-0.3, -0.25) is 9.59 Å². The third-order valence-corrected chi connectivity index (χ3v) is 4.39. The van der Waals surface area contributed by atoms with Gasteiger partial charge >= 0.3 is 0 Å². The molecule has 126 valence electrons. The van der Waals surface area contributed by atoms with Crippen LogP contribution >= 0.6 is 11.6 Å². The molecule has 1 heterocycles. The smallest absolute Gasteiger partial charge is 0.272 e. The highest BCUT2D eigenvalue weighted by Gasteiger charge is 2.25. The number of fused-ring (bicyclic) bond motifs is 1. The number of H-pyrrole nitrogens is 1. The Balaban J connectivity index is 1.58. The molecule has 0 atom stereocenters. The maximum absolute atomic E-state index is 12.6. The summed E-state index contributed by atoms with van der Waals surface area (Å²) in [5.74, 6) is -0.471. The van der Waals surface area contributed by atoms with Gasteiger partial charge in [-0.1, -0.05) is 23.7 Å². The standard InChI is InChI=1S/C19H16ClN3O2/c20-12-5-8-15-11(9-12)10-17(22-15)19(25)23-16-4-2-1-3-14(16)18(24)21-13-6-7-13/h1-5,8-10,13,22H,6-7H2,(H,21,24)(H,23,25). The Morgan fingerprint density at radius 1 is 1.04 bits per heavy atom. The van der Waals surface area contributed by atoms with Gasteiger partial charge in [-0.2, -0.15) is 0 Å². The Morgan fingerprint density at radius 3 is 2.64 bits per heavy atom. The minimum absolute atomic E-state index is 0.165. The van der Waals surface area contributed by atoms with E-state index in [0.717, 1.165) is 23.7 Å². The molecular weight excluding hydrogens is 338 g/mol. The quantitative estimate of drug-likeness (QED) is 0.664. The van der Waals surface area contributed by atoms with Crippen molar-refractivity contribution in [2.24, 2.45) is 0 Å². The molecule has 1 saturated carbocycles. The van der Waals surface area contributed by atoms with Gasteiger partial charge < -0.3 is 15.6 Å². The summed E-state index contributed by atoms with van der Waals surface area (Å²) in [6, 6.07) is 14.4. The van der Waals surface area contributed by atoms with Crippen LogP contribution in [0, 0.1) is 0 Å². The molecule has 5 nitrogen and oxygen atoms in total. The van der Waals surface area contributed by atoms with Crippen molar-refractivity contribution in [2.45, 2.75) is 18.9 Å². The molecule has 1 aromatic heterocycles. The van der Waals surface area contributed by atoms with Crippen LogP contribution in [0.25, 0.3) is 10.9 Å². The second-order valence-electron chi connectivity index (χ2n) is 6.16. The lowest BCUT2D eigenvalue weighted by Gasteiger charge is -2.10. The molecule has 1 aliphatic rings. The van der Waals surface area contributed by atoms with Crippen LogP contribution in [0.15, 0.2) is 48.5 Å². The molecule has 0 unspecified atom stereocenters. The Hall–Kier alpha value is -2.79. The van der Waals surface area contributed by atoms with E-state index in [4.69, 9.17) is 11.6 Å². The van der Waals surface area contributed by atoms with Crippen molar-refractivity contribution in [1.82, 2.24) is 10.3 Å². The van der Waals surface area contributed by atoms with Crippen LogP contribution in [0.4, 0.5) is 5.69 Å². The predicted octanol–water partition coefficient (Wildman–Crippen LogP) is 3.97. The van der Waals surface area contributed by atoms with Gasteiger partial charge in [0.2, 0.25) is 0 Å². The van der Waals surface area contributed by atoms with Gasteiger partial charge in [0.25, 0.3) is 11.8 Å². The summed E-state index contributed by atoms with van der Waals surface area (Å²) in [7, 11) is 0. The molecule has 3 N–H and O–H groups in total. The number of nitrogens with one attached hydrogen (secondary N) is 3. The largest absolute Gasteiger partial charge is 0.351 e. The molecule has 0 bridgehead atoms. The predicted molar refractivity (Wildman–Crippen MR) is 98.2 cm³/mol. The first kappa shape index (κ1) is 15.7. The Bertz CT molecular complexity index is 976. The van der Waals surface area contributed by atoms with E-state index in [-0.39, 0.29) is 17.9 Å². The normalized spacial score (nSPS) is 13.6. The lowest BCUT2D eigenvalue weighted by molar-refractivity contribution is 0.0952. The average Bonchev–Trinajstić information content (AvgIpc) is 3.31. The number of hydrogen-bond donors (Lipinski definition) is 3. The maximum Gasteiger partial charge on any atom is 0.272 e. The monoisotopic (exact) mass is 353 g/mol. The van der Waals surface area contributed by atoms with E-state index in [1.54, 1.807) is 42.5 Å². The third kappa shape index (κ3) is 3.37. The van der Waals surface area contributed by atoms with Crippen molar-refractivity contribution in [3.63, 3.8) is 0 Å². The molecule has 0 radical (unpaired) electrons. The van der Waals surface area contributed by atoms with Crippen LogP contribution in [0.2, 0.25) is 5.02 Å². The SMILES string of the molecule is O=C(Nc1ccccc1C(=O)NC1CC1)c1cc2cc(Cl)ccc2[nH]1. The summed E-state index contributed by atoms with van der Waals surface area (Å²) in [6.07, 6.45) is 2.02. The Kier molecular flexibility index (Phi) is 3.93. The number of amides is 2. The maximum atomic E-state index is 12.6. The Morgan fingerprint density at radius 2 is 1.84 bits per heavy atom. The molecule has 0 spiro atoms. The third-order valence-electron chi connectivity index (χ3n) is 4.16. The first-order valence-corrected chi connectivity index (χ1v) is 8.47. The zero-order chi connectivity index (χ0) is 17.4. The highest BCUT2D eigenvalue weighted by atomic mass is 35.5. The summed E-state index contributed by atoms with van der Waals surface area (Å²) in [5.41, 5.74) is 2.19. The summed E-state index contributed by atoms with van der Waals surface area (Å²) in [4.78, 5) is 28.0. The number of aromatic nitrogens is 1. The van der Waals surface area contributed by atoms with Crippen molar-refractivity contribution in [3.8, 4) is 0 Å².